The van der Waals surface area contributed by atoms with Gasteiger partial charge in [0.25, 0.3) is 5.91 Å². The first-order valence-corrected chi connectivity index (χ1v) is 4.54. The Labute approximate surface area is 78.9 Å². The first kappa shape index (κ1) is 11.8. The first-order chi connectivity index (χ1) is 6.18. The van der Waals surface area contributed by atoms with E-state index in [1.807, 2.05) is 6.08 Å². The molecule has 0 fully saturated rings. The van der Waals surface area contributed by atoms with Gasteiger partial charge in [-0.3, -0.25) is 4.79 Å². The van der Waals surface area contributed by atoms with Crippen molar-refractivity contribution in [1.29, 1.82) is 0 Å². The smallest absolute Gasteiger partial charge is 0.283 e. The Morgan fingerprint density at radius 3 is 2.69 bits per heavy atom. The molecule has 0 aliphatic heterocycles. The molecule has 0 saturated heterocycles. The van der Waals surface area contributed by atoms with E-state index in [0.29, 0.717) is 0 Å². The van der Waals surface area contributed by atoms with Crippen LogP contribution in [-0.2, 0) is 4.79 Å². The van der Waals surface area contributed by atoms with Gasteiger partial charge in [-0.2, -0.15) is 0 Å². The van der Waals surface area contributed by atoms with Gasteiger partial charge < -0.3 is 10.8 Å². The average Bonchev–Trinajstić information content (AvgIpc) is 2.10. The molecule has 0 atom stereocenters. The van der Waals surface area contributed by atoms with Gasteiger partial charge in [0.2, 0.25) is 0 Å². The molecule has 0 aliphatic rings. The van der Waals surface area contributed by atoms with Crippen molar-refractivity contribution in [2.75, 3.05) is 0 Å². The highest BCUT2D eigenvalue weighted by molar-refractivity contribution is 5.89. The van der Waals surface area contributed by atoms with E-state index in [9.17, 15) is 4.79 Å². The zero-order chi connectivity index (χ0) is 10.1. The summed E-state index contributed by atoms with van der Waals surface area (Å²) in [6, 6.07) is 0. The molecule has 0 rings (SSSR count). The monoisotopic (exact) mass is 183 g/mol. The standard InChI is InChI=1S/C10H17NO2/c1-2-3-4-5-6-7-8-9(12)10(11)13/h6-8,12H,2-5H2,1H3,(H2,11,13). The van der Waals surface area contributed by atoms with Gasteiger partial charge in [-0.1, -0.05) is 31.9 Å². The molecule has 13 heavy (non-hydrogen) atoms. The number of hydrogen-bond acceptors (Lipinski definition) is 2. The molecule has 0 aliphatic carbocycles. The summed E-state index contributed by atoms with van der Waals surface area (Å²) in [4.78, 5) is 10.3. The van der Waals surface area contributed by atoms with Crippen LogP contribution in [0.15, 0.2) is 24.0 Å². The molecule has 3 nitrogen and oxygen atoms in total. The summed E-state index contributed by atoms with van der Waals surface area (Å²) >= 11 is 0. The van der Waals surface area contributed by atoms with Crippen LogP contribution in [0.5, 0.6) is 0 Å². The van der Waals surface area contributed by atoms with Crippen molar-refractivity contribution in [2.45, 2.75) is 32.6 Å². The molecule has 0 unspecified atom stereocenters. The minimum absolute atomic E-state index is 0.397. The number of nitrogens with two attached hydrogens (primary N) is 1. The molecular weight excluding hydrogens is 166 g/mol. The van der Waals surface area contributed by atoms with Crippen LogP contribution in [0.25, 0.3) is 0 Å². The quantitative estimate of drug-likeness (QED) is 0.286. The Balaban J connectivity index is 3.62. The summed E-state index contributed by atoms with van der Waals surface area (Å²) in [6.07, 6.45) is 9.37. The SMILES string of the molecule is CCCCCC=CC=C(O)C(N)=O. The number of allylic oxidation sites excluding steroid dienone is 3. The molecule has 74 valence electrons. The Hall–Kier alpha value is -1.25. The molecular formula is C10H17NO2. The fraction of sp³-hybridized carbons (Fsp3) is 0.500. The zero-order valence-corrected chi connectivity index (χ0v) is 7.99. The Morgan fingerprint density at radius 2 is 2.15 bits per heavy atom. The maximum atomic E-state index is 10.3. The van der Waals surface area contributed by atoms with Crippen LogP contribution in [0.1, 0.15) is 32.6 Å². The minimum atomic E-state index is -0.793. The molecule has 3 N–H and O–H groups in total. The Morgan fingerprint density at radius 1 is 1.46 bits per heavy atom. The van der Waals surface area contributed by atoms with Crippen molar-refractivity contribution in [1.82, 2.24) is 0 Å². The maximum absolute atomic E-state index is 10.3. The highest BCUT2D eigenvalue weighted by Gasteiger charge is 1.96. The van der Waals surface area contributed by atoms with Gasteiger partial charge in [-0.25, -0.2) is 0 Å². The summed E-state index contributed by atoms with van der Waals surface area (Å²) in [5.41, 5.74) is 4.81. The van der Waals surface area contributed by atoms with Gasteiger partial charge in [0.1, 0.15) is 0 Å². The van der Waals surface area contributed by atoms with Gasteiger partial charge in [-0.15, -0.1) is 0 Å². The summed E-state index contributed by atoms with van der Waals surface area (Å²) in [6.45, 7) is 2.14. The van der Waals surface area contributed by atoms with Crippen molar-refractivity contribution in [3.8, 4) is 0 Å². The average molecular weight is 183 g/mol. The van der Waals surface area contributed by atoms with Crippen LogP contribution in [0.2, 0.25) is 0 Å². The summed E-state index contributed by atoms with van der Waals surface area (Å²) in [7, 11) is 0. The summed E-state index contributed by atoms with van der Waals surface area (Å²) < 4.78 is 0. The van der Waals surface area contributed by atoms with Crippen molar-refractivity contribution in [3.63, 3.8) is 0 Å². The van der Waals surface area contributed by atoms with Gasteiger partial charge in [0.15, 0.2) is 5.76 Å². The zero-order valence-electron chi connectivity index (χ0n) is 7.99. The van der Waals surface area contributed by atoms with Crippen molar-refractivity contribution < 1.29 is 9.90 Å². The topological polar surface area (TPSA) is 63.3 Å². The number of primary amides is 1. The van der Waals surface area contributed by atoms with E-state index < -0.39 is 11.7 Å². The van der Waals surface area contributed by atoms with Gasteiger partial charge >= 0.3 is 0 Å². The van der Waals surface area contributed by atoms with Crippen LogP contribution in [0.3, 0.4) is 0 Å². The molecule has 1 amide bonds. The summed E-state index contributed by atoms with van der Waals surface area (Å²) in [5, 5.41) is 8.86. The summed E-state index contributed by atoms with van der Waals surface area (Å²) in [5.74, 6) is -1.19. The van der Waals surface area contributed by atoms with E-state index in [4.69, 9.17) is 10.8 Å². The molecule has 0 aromatic rings. The third-order valence-electron chi connectivity index (χ3n) is 1.62. The lowest BCUT2D eigenvalue weighted by atomic mass is 10.2. The van der Waals surface area contributed by atoms with E-state index >= 15 is 0 Å². The Kier molecular flexibility index (Phi) is 6.69. The van der Waals surface area contributed by atoms with Crippen LogP contribution in [0.4, 0.5) is 0 Å². The lowest BCUT2D eigenvalue weighted by molar-refractivity contribution is -0.116. The lowest BCUT2D eigenvalue weighted by Crippen LogP contribution is -2.12. The normalized spacial score (nSPS) is 12.2. The molecule has 0 radical (unpaired) electrons. The van der Waals surface area contributed by atoms with E-state index in [1.54, 1.807) is 6.08 Å². The highest BCUT2D eigenvalue weighted by atomic mass is 16.3. The largest absolute Gasteiger partial charge is 0.503 e. The number of rotatable bonds is 6. The molecule has 0 aromatic heterocycles. The van der Waals surface area contributed by atoms with E-state index in [1.165, 1.54) is 18.9 Å². The highest BCUT2D eigenvalue weighted by Crippen LogP contribution is 1.99. The predicted octanol–water partition coefficient (Wildman–Crippen LogP) is 2.05. The van der Waals surface area contributed by atoms with Crippen molar-refractivity contribution in [2.24, 2.45) is 5.73 Å². The van der Waals surface area contributed by atoms with Crippen LogP contribution >= 0.6 is 0 Å². The van der Waals surface area contributed by atoms with Crippen molar-refractivity contribution in [3.05, 3.63) is 24.0 Å². The second kappa shape index (κ2) is 7.40. The number of hydrogen-bond donors (Lipinski definition) is 2. The molecule has 3 heteroatoms. The van der Waals surface area contributed by atoms with Gasteiger partial charge in [-0.05, 0) is 18.9 Å². The molecule has 0 aromatic carbocycles. The third kappa shape index (κ3) is 7.12. The maximum Gasteiger partial charge on any atom is 0.283 e. The van der Waals surface area contributed by atoms with Gasteiger partial charge in [0, 0.05) is 0 Å². The number of carbonyl (C=O) groups excluding carboxylic acids is 1. The first-order valence-electron chi connectivity index (χ1n) is 4.54. The fourth-order valence-corrected chi connectivity index (χ4v) is 0.850. The molecule has 0 heterocycles. The predicted molar refractivity (Wildman–Crippen MR) is 53.2 cm³/mol. The van der Waals surface area contributed by atoms with Crippen LogP contribution < -0.4 is 5.73 Å². The van der Waals surface area contributed by atoms with E-state index in [-0.39, 0.29) is 0 Å². The van der Waals surface area contributed by atoms with E-state index in [0.717, 1.165) is 12.8 Å². The van der Waals surface area contributed by atoms with E-state index in [2.05, 4.69) is 6.92 Å². The number of unbranched alkanes of at least 4 members (excludes halogenated alkanes) is 3. The molecule has 0 bridgehead atoms. The lowest BCUT2D eigenvalue weighted by Gasteiger charge is -1.91. The minimum Gasteiger partial charge on any atom is -0.503 e. The number of aliphatic hydroxyl groups excluding tert-OH is 1. The second-order valence-corrected chi connectivity index (χ2v) is 2.84. The molecule has 0 saturated carbocycles. The molecule has 0 spiro atoms. The van der Waals surface area contributed by atoms with Gasteiger partial charge in [0.05, 0.1) is 0 Å². The van der Waals surface area contributed by atoms with Crippen molar-refractivity contribution >= 4 is 5.91 Å². The number of amides is 1. The number of aliphatic hydroxyl groups is 1. The third-order valence-corrected chi connectivity index (χ3v) is 1.62. The van der Waals surface area contributed by atoms with Crippen LogP contribution in [0, 0.1) is 0 Å². The van der Waals surface area contributed by atoms with Crippen LogP contribution in [-0.4, -0.2) is 11.0 Å². The number of carbonyl (C=O) groups is 1. The Bertz CT molecular complexity index is 207. The fourth-order valence-electron chi connectivity index (χ4n) is 0.850. The second-order valence-electron chi connectivity index (χ2n) is 2.84.